The van der Waals surface area contributed by atoms with Gasteiger partial charge in [0.1, 0.15) is 11.4 Å². The molecule has 2 heterocycles. The van der Waals surface area contributed by atoms with Crippen molar-refractivity contribution in [3.05, 3.63) is 102 Å². The number of anilines is 4. The molecule has 4 aromatic rings. The molecule has 0 aliphatic carbocycles. The summed E-state index contributed by atoms with van der Waals surface area (Å²) in [7, 11) is 0. The molecule has 0 fully saturated rings. The van der Waals surface area contributed by atoms with E-state index in [0.29, 0.717) is 0 Å². The van der Waals surface area contributed by atoms with Crippen molar-refractivity contribution in [3.8, 4) is 5.75 Å². The maximum absolute atomic E-state index is 12.9. The molecule has 4 rings (SSSR count). The van der Waals surface area contributed by atoms with E-state index < -0.39 is 29.4 Å². The van der Waals surface area contributed by atoms with Crippen LogP contribution in [0.2, 0.25) is 0 Å². The quantitative estimate of drug-likeness (QED) is 0.174. The predicted octanol–water partition coefficient (Wildman–Crippen LogP) is 7.80. The van der Waals surface area contributed by atoms with Gasteiger partial charge in [0.2, 0.25) is 0 Å². The standard InChI is InChI=1S/C25H16F6N4O2.BrH/c26-24(27,28)15-5-9-17(10-6-15)34-21-19(3-1-13-32-21)23(36)37-20-4-2-14-33-22(20)35-18-11-7-16(8-12-18)25(29,30)31;/h1-14H,(H,32,34)(H,33,35);1H. The maximum atomic E-state index is 12.9. The highest BCUT2D eigenvalue weighted by Crippen LogP contribution is 2.33. The van der Waals surface area contributed by atoms with Crippen LogP contribution in [0, 0.1) is 0 Å². The van der Waals surface area contributed by atoms with Gasteiger partial charge in [0.05, 0.1) is 11.1 Å². The molecule has 0 aliphatic rings. The van der Waals surface area contributed by atoms with Crippen molar-refractivity contribution >= 4 is 46.0 Å². The van der Waals surface area contributed by atoms with E-state index in [2.05, 4.69) is 20.6 Å². The number of aromatic nitrogens is 2. The number of nitrogens with zero attached hydrogens (tertiary/aromatic N) is 2. The van der Waals surface area contributed by atoms with Crippen LogP contribution >= 0.6 is 17.0 Å². The van der Waals surface area contributed by atoms with Crippen molar-refractivity contribution in [3.63, 3.8) is 0 Å². The first-order chi connectivity index (χ1) is 17.5. The summed E-state index contributed by atoms with van der Waals surface area (Å²) < 4.78 is 82.3. The second-order valence-electron chi connectivity index (χ2n) is 7.54. The van der Waals surface area contributed by atoms with Crippen LogP contribution in [0.4, 0.5) is 49.4 Å². The number of hydrogen-bond donors (Lipinski definition) is 2. The van der Waals surface area contributed by atoms with E-state index in [4.69, 9.17) is 4.74 Å². The van der Waals surface area contributed by atoms with Crippen LogP contribution in [0.1, 0.15) is 21.5 Å². The van der Waals surface area contributed by atoms with Gasteiger partial charge in [-0.25, -0.2) is 14.8 Å². The van der Waals surface area contributed by atoms with Gasteiger partial charge in [-0.2, -0.15) is 26.3 Å². The number of ether oxygens (including phenoxy) is 1. The van der Waals surface area contributed by atoms with E-state index in [0.717, 1.165) is 24.3 Å². The molecular formula is C25H17BrF6N4O2. The minimum absolute atomic E-state index is 0. The number of alkyl halides is 6. The lowest BCUT2D eigenvalue weighted by Crippen LogP contribution is -2.13. The number of esters is 1. The molecule has 2 N–H and O–H groups in total. The minimum Gasteiger partial charge on any atom is -0.419 e. The summed E-state index contributed by atoms with van der Waals surface area (Å²) in [6.45, 7) is 0. The highest BCUT2D eigenvalue weighted by molar-refractivity contribution is 8.93. The molecule has 2 aromatic carbocycles. The topological polar surface area (TPSA) is 76.1 Å². The Hall–Kier alpha value is -4.13. The van der Waals surface area contributed by atoms with Gasteiger partial charge in [-0.1, -0.05) is 0 Å². The number of rotatable bonds is 6. The van der Waals surface area contributed by atoms with Gasteiger partial charge in [0, 0.05) is 23.8 Å². The molecule has 6 nitrogen and oxygen atoms in total. The third-order valence-corrected chi connectivity index (χ3v) is 4.95. The van der Waals surface area contributed by atoms with Crippen molar-refractivity contribution in [1.82, 2.24) is 9.97 Å². The molecule has 0 saturated carbocycles. The zero-order valence-corrected chi connectivity index (χ0v) is 20.7. The van der Waals surface area contributed by atoms with E-state index in [9.17, 15) is 31.1 Å². The third kappa shape index (κ3) is 7.00. The molecule has 0 radical (unpaired) electrons. The molecule has 0 aliphatic heterocycles. The average Bonchev–Trinajstić information content (AvgIpc) is 2.85. The monoisotopic (exact) mass is 598 g/mol. The molecule has 38 heavy (non-hydrogen) atoms. The molecule has 198 valence electrons. The summed E-state index contributed by atoms with van der Waals surface area (Å²) >= 11 is 0. The number of pyridine rings is 2. The van der Waals surface area contributed by atoms with Crippen LogP contribution in [-0.4, -0.2) is 15.9 Å². The van der Waals surface area contributed by atoms with Crippen molar-refractivity contribution in [1.29, 1.82) is 0 Å². The largest absolute Gasteiger partial charge is 0.419 e. The normalized spacial score (nSPS) is 11.3. The number of halogens is 7. The lowest BCUT2D eigenvalue weighted by Gasteiger charge is -2.14. The Kier molecular flexibility index (Phi) is 8.61. The van der Waals surface area contributed by atoms with Crippen LogP contribution in [0.25, 0.3) is 0 Å². The van der Waals surface area contributed by atoms with Gasteiger partial charge in [-0.15, -0.1) is 17.0 Å². The minimum atomic E-state index is -4.49. The van der Waals surface area contributed by atoms with Crippen molar-refractivity contribution < 1.29 is 35.9 Å². The first-order valence-electron chi connectivity index (χ1n) is 10.5. The first-order valence-corrected chi connectivity index (χ1v) is 10.5. The number of benzene rings is 2. The predicted molar refractivity (Wildman–Crippen MR) is 133 cm³/mol. The SMILES string of the molecule is Br.O=C(Oc1cccnc1Nc1ccc(C(F)(F)F)cc1)c1cccnc1Nc1ccc(C(F)(F)F)cc1. The van der Waals surface area contributed by atoms with Gasteiger partial charge in [-0.05, 0) is 72.8 Å². The van der Waals surface area contributed by atoms with Crippen LogP contribution in [-0.2, 0) is 12.4 Å². The molecule has 0 spiro atoms. The Morgan fingerprint density at radius 2 is 1.11 bits per heavy atom. The van der Waals surface area contributed by atoms with Crippen LogP contribution < -0.4 is 15.4 Å². The van der Waals surface area contributed by atoms with E-state index in [1.807, 2.05) is 0 Å². The second kappa shape index (κ2) is 11.5. The number of nitrogens with one attached hydrogen (secondary N) is 2. The summed E-state index contributed by atoms with van der Waals surface area (Å²) in [6.07, 6.45) is -6.20. The smallest absolute Gasteiger partial charge is 0.416 e. The fraction of sp³-hybridized carbons (Fsp3) is 0.0800. The van der Waals surface area contributed by atoms with E-state index in [1.54, 1.807) is 0 Å². The number of hydrogen-bond acceptors (Lipinski definition) is 6. The van der Waals surface area contributed by atoms with E-state index >= 15 is 0 Å². The average molecular weight is 599 g/mol. The lowest BCUT2D eigenvalue weighted by molar-refractivity contribution is -0.138. The van der Waals surface area contributed by atoms with Gasteiger partial charge in [0.15, 0.2) is 11.6 Å². The highest BCUT2D eigenvalue weighted by Gasteiger charge is 2.31. The fourth-order valence-electron chi connectivity index (χ4n) is 3.15. The zero-order valence-electron chi connectivity index (χ0n) is 19.0. The van der Waals surface area contributed by atoms with E-state index in [-0.39, 0.29) is 51.3 Å². The van der Waals surface area contributed by atoms with Gasteiger partial charge >= 0.3 is 18.3 Å². The molecular weight excluding hydrogens is 582 g/mol. The van der Waals surface area contributed by atoms with Crippen LogP contribution in [0.5, 0.6) is 5.75 Å². The highest BCUT2D eigenvalue weighted by atomic mass is 79.9. The molecule has 0 saturated heterocycles. The molecule has 13 heteroatoms. The van der Waals surface area contributed by atoms with Gasteiger partial charge in [0.25, 0.3) is 0 Å². The molecule has 0 atom stereocenters. The maximum Gasteiger partial charge on any atom is 0.416 e. The molecule has 2 aromatic heterocycles. The fourth-order valence-corrected chi connectivity index (χ4v) is 3.15. The summed E-state index contributed by atoms with van der Waals surface area (Å²) in [5.74, 6) is -0.771. The summed E-state index contributed by atoms with van der Waals surface area (Å²) in [5, 5.41) is 5.59. The summed E-state index contributed by atoms with van der Waals surface area (Å²) in [5.41, 5.74) is -1.15. The molecule has 0 unspecified atom stereocenters. The van der Waals surface area contributed by atoms with E-state index in [1.165, 1.54) is 60.9 Å². The Balaban J connectivity index is 0.00000400. The van der Waals surface area contributed by atoms with Crippen LogP contribution in [0.15, 0.2) is 85.2 Å². The Bertz CT molecular complexity index is 1390. The Labute approximate surface area is 222 Å². The van der Waals surface area contributed by atoms with Gasteiger partial charge in [-0.3, -0.25) is 0 Å². The van der Waals surface area contributed by atoms with Crippen molar-refractivity contribution in [2.75, 3.05) is 10.6 Å². The van der Waals surface area contributed by atoms with Crippen molar-refractivity contribution in [2.24, 2.45) is 0 Å². The van der Waals surface area contributed by atoms with Crippen molar-refractivity contribution in [2.45, 2.75) is 12.4 Å². The van der Waals surface area contributed by atoms with Crippen LogP contribution in [0.3, 0.4) is 0 Å². The summed E-state index contributed by atoms with van der Waals surface area (Å²) in [6, 6.07) is 14.2. The zero-order chi connectivity index (χ0) is 26.6. The second-order valence-corrected chi connectivity index (χ2v) is 7.54. The lowest BCUT2D eigenvalue weighted by atomic mass is 10.2. The summed E-state index contributed by atoms with van der Waals surface area (Å²) in [4.78, 5) is 21.1. The molecule has 0 bridgehead atoms. The number of carbonyl (C=O) groups is 1. The first kappa shape index (κ1) is 28.4. The third-order valence-electron chi connectivity index (χ3n) is 4.95. The Morgan fingerprint density at radius 1 is 0.658 bits per heavy atom. The molecule has 0 amide bonds. The Morgan fingerprint density at radius 3 is 1.61 bits per heavy atom. The number of carbonyl (C=O) groups excluding carboxylic acids is 1. The van der Waals surface area contributed by atoms with Gasteiger partial charge < -0.3 is 15.4 Å².